The molecule has 0 aliphatic heterocycles. The molecule has 0 aliphatic rings. The van der Waals surface area contributed by atoms with Gasteiger partial charge in [-0.15, -0.1) is 0 Å². The Hall–Kier alpha value is -2.68. The van der Waals surface area contributed by atoms with Crippen LogP contribution >= 0.6 is 11.6 Å². The third-order valence-electron chi connectivity index (χ3n) is 3.12. The van der Waals surface area contributed by atoms with Crippen molar-refractivity contribution >= 4 is 23.3 Å². The number of halogens is 4. The molecule has 134 valence electrons. The molecule has 0 atom stereocenters. The fourth-order valence-electron chi connectivity index (χ4n) is 2.06. The highest BCUT2D eigenvalue weighted by Crippen LogP contribution is 2.37. The molecule has 0 radical (unpaired) electrons. The zero-order valence-electron chi connectivity index (χ0n) is 13.0. The lowest BCUT2D eigenvalue weighted by molar-refractivity contribution is -0.0501. The van der Waals surface area contributed by atoms with Crippen LogP contribution in [0.1, 0.15) is 10.5 Å². The molecular formula is C15H12ClF3N2O4. The van der Waals surface area contributed by atoms with Crippen LogP contribution in [0.2, 0.25) is 5.02 Å². The molecule has 10 heteroatoms. The van der Waals surface area contributed by atoms with Crippen LogP contribution in [0, 0.1) is 5.82 Å². The second kappa shape index (κ2) is 7.47. The lowest BCUT2D eigenvalue weighted by Crippen LogP contribution is -2.14. The zero-order chi connectivity index (χ0) is 18.7. The number of benzene rings is 1. The summed E-state index contributed by atoms with van der Waals surface area (Å²) in [4.78, 5) is 15.7. The first kappa shape index (κ1) is 18.7. The summed E-state index contributed by atoms with van der Waals surface area (Å²) in [5.74, 6) is -2.84. The molecule has 6 nitrogen and oxygen atoms in total. The number of rotatable bonds is 5. The molecule has 2 aromatic rings. The van der Waals surface area contributed by atoms with Crippen molar-refractivity contribution in [1.82, 2.24) is 4.98 Å². The van der Waals surface area contributed by atoms with Crippen LogP contribution in [0.5, 0.6) is 11.5 Å². The fraction of sp³-hybridized carbons (Fsp3) is 0.200. The molecule has 2 rings (SSSR count). The van der Waals surface area contributed by atoms with Gasteiger partial charge in [0, 0.05) is 5.56 Å². The van der Waals surface area contributed by atoms with Gasteiger partial charge in [0.05, 0.1) is 30.6 Å². The van der Waals surface area contributed by atoms with E-state index in [1.165, 1.54) is 19.2 Å². The molecule has 25 heavy (non-hydrogen) atoms. The van der Waals surface area contributed by atoms with E-state index in [4.69, 9.17) is 22.1 Å². The first-order valence-corrected chi connectivity index (χ1v) is 7.03. The minimum absolute atomic E-state index is 0.0163. The van der Waals surface area contributed by atoms with Gasteiger partial charge in [-0.2, -0.15) is 8.78 Å². The first-order chi connectivity index (χ1) is 11.8. The molecule has 0 saturated carbocycles. The Morgan fingerprint density at radius 1 is 1.28 bits per heavy atom. The van der Waals surface area contributed by atoms with Gasteiger partial charge in [0.25, 0.3) is 0 Å². The summed E-state index contributed by atoms with van der Waals surface area (Å²) in [6, 6.07) is 3.70. The Labute approximate surface area is 145 Å². The predicted molar refractivity (Wildman–Crippen MR) is 83.6 cm³/mol. The Morgan fingerprint density at radius 2 is 1.96 bits per heavy atom. The lowest BCUT2D eigenvalue weighted by atomic mass is 10.1. The maximum Gasteiger partial charge on any atom is 0.387 e. The van der Waals surface area contributed by atoms with Gasteiger partial charge < -0.3 is 19.9 Å². The van der Waals surface area contributed by atoms with Crippen LogP contribution in [-0.4, -0.2) is 31.8 Å². The van der Waals surface area contributed by atoms with E-state index in [0.29, 0.717) is 0 Å². The van der Waals surface area contributed by atoms with Gasteiger partial charge in [0.15, 0.2) is 23.0 Å². The second-order valence-corrected chi connectivity index (χ2v) is 4.99. The summed E-state index contributed by atoms with van der Waals surface area (Å²) in [7, 11) is 2.24. The van der Waals surface area contributed by atoms with Crippen LogP contribution in [0.3, 0.4) is 0 Å². The minimum Gasteiger partial charge on any atom is -0.492 e. The molecule has 0 aliphatic carbocycles. The number of anilines is 1. The second-order valence-electron chi connectivity index (χ2n) is 4.59. The van der Waals surface area contributed by atoms with Gasteiger partial charge in [-0.25, -0.2) is 14.2 Å². The van der Waals surface area contributed by atoms with Crippen molar-refractivity contribution < 1.29 is 32.2 Å². The Balaban J connectivity index is 2.68. The van der Waals surface area contributed by atoms with E-state index < -0.39 is 29.8 Å². The van der Waals surface area contributed by atoms with Gasteiger partial charge in [-0.05, 0) is 18.2 Å². The number of pyridine rings is 1. The Morgan fingerprint density at radius 3 is 2.52 bits per heavy atom. The van der Waals surface area contributed by atoms with Crippen LogP contribution in [-0.2, 0) is 4.74 Å². The van der Waals surface area contributed by atoms with Crippen molar-refractivity contribution in [3.05, 3.63) is 34.7 Å². The minimum atomic E-state index is -3.24. The molecule has 1 aromatic carbocycles. The third kappa shape index (κ3) is 3.71. The Kier molecular flexibility index (Phi) is 5.58. The molecule has 0 unspecified atom stereocenters. The molecule has 1 aromatic heterocycles. The standard InChI is InChI=1S/C15H12ClF3N2O4/c1-23-12-7(16)4-3-6(10(12)17)9-5-8(20)13(25-15(18)19)11(21-9)14(22)24-2/h3-5,15H,1-2H3,(H2,20,21). The monoisotopic (exact) mass is 376 g/mol. The summed E-state index contributed by atoms with van der Waals surface area (Å²) in [6.07, 6.45) is 0. The molecule has 0 saturated heterocycles. The van der Waals surface area contributed by atoms with Gasteiger partial charge in [-0.1, -0.05) is 11.6 Å². The average Bonchev–Trinajstić information content (AvgIpc) is 2.56. The molecule has 0 bridgehead atoms. The van der Waals surface area contributed by atoms with E-state index >= 15 is 0 Å². The molecule has 0 fully saturated rings. The summed E-state index contributed by atoms with van der Waals surface area (Å²) in [5, 5.41) is 0.0163. The fourth-order valence-corrected chi connectivity index (χ4v) is 2.28. The van der Waals surface area contributed by atoms with Crippen molar-refractivity contribution in [1.29, 1.82) is 0 Å². The predicted octanol–water partition coefficient (Wildman–Crippen LogP) is 3.52. The molecule has 0 spiro atoms. The van der Waals surface area contributed by atoms with E-state index in [9.17, 15) is 18.0 Å². The number of hydrogen-bond donors (Lipinski definition) is 1. The summed E-state index contributed by atoms with van der Waals surface area (Å²) in [6.45, 7) is -3.24. The summed E-state index contributed by atoms with van der Waals surface area (Å²) in [5.41, 5.74) is 4.47. The topological polar surface area (TPSA) is 83.7 Å². The van der Waals surface area contributed by atoms with Crippen molar-refractivity contribution in [2.75, 3.05) is 20.0 Å². The first-order valence-electron chi connectivity index (χ1n) is 6.66. The lowest BCUT2D eigenvalue weighted by Gasteiger charge is -2.14. The van der Waals surface area contributed by atoms with Crippen LogP contribution in [0.15, 0.2) is 18.2 Å². The van der Waals surface area contributed by atoms with Crippen LogP contribution in [0.25, 0.3) is 11.3 Å². The Bertz CT molecular complexity index is 818. The number of esters is 1. The largest absolute Gasteiger partial charge is 0.492 e. The van der Waals surface area contributed by atoms with Crippen molar-refractivity contribution in [3.8, 4) is 22.8 Å². The van der Waals surface area contributed by atoms with Gasteiger partial charge in [0.1, 0.15) is 0 Å². The number of nitrogens with zero attached hydrogens (tertiary/aromatic N) is 1. The summed E-state index contributed by atoms with van der Waals surface area (Å²) >= 11 is 5.82. The van der Waals surface area contributed by atoms with E-state index in [1.54, 1.807) is 0 Å². The van der Waals surface area contributed by atoms with E-state index in [1.807, 2.05) is 0 Å². The smallest absolute Gasteiger partial charge is 0.387 e. The van der Waals surface area contributed by atoms with Crippen molar-refractivity contribution in [2.24, 2.45) is 0 Å². The number of carbonyl (C=O) groups is 1. The average molecular weight is 377 g/mol. The number of alkyl halides is 2. The third-order valence-corrected chi connectivity index (χ3v) is 3.41. The highest BCUT2D eigenvalue weighted by molar-refractivity contribution is 6.32. The van der Waals surface area contributed by atoms with E-state index in [-0.39, 0.29) is 27.7 Å². The molecule has 0 amide bonds. The van der Waals surface area contributed by atoms with Gasteiger partial charge in [-0.3, -0.25) is 0 Å². The van der Waals surface area contributed by atoms with E-state index in [0.717, 1.165) is 13.2 Å². The molecule has 2 N–H and O–H groups in total. The van der Waals surface area contributed by atoms with E-state index in [2.05, 4.69) is 14.5 Å². The highest BCUT2D eigenvalue weighted by atomic mass is 35.5. The van der Waals surface area contributed by atoms with Gasteiger partial charge in [0.2, 0.25) is 0 Å². The summed E-state index contributed by atoms with van der Waals surface area (Å²) < 4.78 is 53.1. The SMILES string of the molecule is COC(=O)c1nc(-c2ccc(Cl)c(OC)c2F)cc(N)c1OC(F)F. The highest BCUT2D eigenvalue weighted by Gasteiger charge is 2.24. The maximum atomic E-state index is 14.5. The van der Waals surface area contributed by atoms with Crippen molar-refractivity contribution in [2.45, 2.75) is 6.61 Å². The number of nitrogen functional groups attached to an aromatic ring is 1. The zero-order valence-corrected chi connectivity index (χ0v) is 13.7. The van der Waals surface area contributed by atoms with Crippen LogP contribution < -0.4 is 15.2 Å². The number of nitrogens with two attached hydrogens (primary N) is 1. The molecular weight excluding hydrogens is 365 g/mol. The number of aromatic nitrogens is 1. The van der Waals surface area contributed by atoms with Crippen LogP contribution in [0.4, 0.5) is 18.9 Å². The number of carbonyl (C=O) groups excluding carboxylic acids is 1. The van der Waals surface area contributed by atoms with Crippen molar-refractivity contribution in [3.63, 3.8) is 0 Å². The maximum absolute atomic E-state index is 14.5. The molecule has 1 heterocycles. The van der Waals surface area contributed by atoms with Gasteiger partial charge >= 0.3 is 12.6 Å². The quantitative estimate of drug-likeness (QED) is 0.804. The number of methoxy groups -OCH3 is 2. The number of ether oxygens (including phenoxy) is 3. The normalized spacial score (nSPS) is 10.7. The number of hydrogen-bond acceptors (Lipinski definition) is 6.